The van der Waals surface area contributed by atoms with Crippen LogP contribution in [-0.2, 0) is 19.6 Å². The number of nitrogens with zero attached hydrogens (tertiary/aromatic N) is 2. The highest BCUT2D eigenvalue weighted by molar-refractivity contribution is 7.91. The second kappa shape index (κ2) is 9.16. The SMILES string of the molecule is O=C1CCN(C(=O)[C@@H]2CCCN2S(=O)(=O)c2cccs2)CCCCCCN1. The molecule has 3 heterocycles. The fraction of sp³-hybridized carbons (Fsp3) is 0.667. The van der Waals surface area contributed by atoms with E-state index < -0.39 is 16.1 Å². The summed E-state index contributed by atoms with van der Waals surface area (Å²) in [5, 5.41) is 4.61. The summed E-state index contributed by atoms with van der Waals surface area (Å²) in [6, 6.07) is 2.62. The van der Waals surface area contributed by atoms with Gasteiger partial charge < -0.3 is 10.2 Å². The normalized spacial score (nSPS) is 23.6. The Morgan fingerprint density at radius 1 is 1.11 bits per heavy atom. The van der Waals surface area contributed by atoms with Gasteiger partial charge in [-0.3, -0.25) is 9.59 Å². The van der Waals surface area contributed by atoms with E-state index in [1.54, 1.807) is 22.4 Å². The van der Waals surface area contributed by atoms with Crippen LogP contribution in [0.4, 0.5) is 0 Å². The zero-order valence-electron chi connectivity index (χ0n) is 15.4. The van der Waals surface area contributed by atoms with Crippen LogP contribution in [0.5, 0.6) is 0 Å². The Morgan fingerprint density at radius 3 is 2.70 bits per heavy atom. The highest BCUT2D eigenvalue weighted by Crippen LogP contribution is 2.29. The zero-order valence-corrected chi connectivity index (χ0v) is 17.1. The fourth-order valence-electron chi connectivity index (χ4n) is 3.68. The van der Waals surface area contributed by atoms with E-state index in [4.69, 9.17) is 0 Å². The van der Waals surface area contributed by atoms with Gasteiger partial charge in [0.05, 0.1) is 0 Å². The third-order valence-electron chi connectivity index (χ3n) is 5.14. The predicted octanol–water partition coefficient (Wildman–Crippen LogP) is 1.81. The van der Waals surface area contributed by atoms with E-state index in [1.807, 2.05) is 0 Å². The van der Waals surface area contributed by atoms with Crippen LogP contribution in [0.1, 0.15) is 44.9 Å². The highest BCUT2D eigenvalue weighted by atomic mass is 32.2. The van der Waals surface area contributed by atoms with Crippen LogP contribution in [-0.4, -0.2) is 61.7 Å². The van der Waals surface area contributed by atoms with Crippen molar-refractivity contribution >= 4 is 33.2 Å². The van der Waals surface area contributed by atoms with E-state index >= 15 is 0 Å². The number of nitrogens with one attached hydrogen (secondary N) is 1. The maximum Gasteiger partial charge on any atom is 0.253 e. The molecule has 7 nitrogen and oxygen atoms in total. The van der Waals surface area contributed by atoms with Gasteiger partial charge in [0.1, 0.15) is 10.3 Å². The summed E-state index contributed by atoms with van der Waals surface area (Å²) in [5.74, 6) is -0.219. The molecule has 9 heteroatoms. The molecule has 3 rings (SSSR count). The molecule has 2 saturated heterocycles. The Morgan fingerprint density at radius 2 is 1.93 bits per heavy atom. The molecule has 1 atom stereocenters. The molecule has 0 unspecified atom stereocenters. The first kappa shape index (κ1) is 20.3. The summed E-state index contributed by atoms with van der Waals surface area (Å²) in [7, 11) is -3.65. The molecule has 2 fully saturated rings. The Kier molecular flexibility index (Phi) is 6.88. The number of hydrogen-bond donors (Lipinski definition) is 1. The molecule has 27 heavy (non-hydrogen) atoms. The lowest BCUT2D eigenvalue weighted by Crippen LogP contribution is -2.48. The van der Waals surface area contributed by atoms with Crippen molar-refractivity contribution in [2.75, 3.05) is 26.2 Å². The first-order chi connectivity index (χ1) is 13.0. The van der Waals surface area contributed by atoms with Gasteiger partial charge in [0.25, 0.3) is 10.0 Å². The number of amides is 2. The Labute approximate surface area is 164 Å². The van der Waals surface area contributed by atoms with Gasteiger partial charge in [-0.25, -0.2) is 8.42 Å². The molecule has 0 saturated carbocycles. The monoisotopic (exact) mass is 413 g/mol. The van der Waals surface area contributed by atoms with Crippen LogP contribution in [0.15, 0.2) is 21.7 Å². The second-order valence-electron chi connectivity index (χ2n) is 7.05. The smallest absolute Gasteiger partial charge is 0.253 e. The molecule has 1 aromatic heterocycles. The van der Waals surface area contributed by atoms with E-state index in [9.17, 15) is 18.0 Å². The number of rotatable bonds is 3. The molecule has 1 aromatic rings. The predicted molar refractivity (Wildman–Crippen MR) is 104 cm³/mol. The topological polar surface area (TPSA) is 86.8 Å². The van der Waals surface area contributed by atoms with Crippen LogP contribution in [0.25, 0.3) is 0 Å². The average Bonchev–Trinajstić information content (AvgIpc) is 3.33. The lowest BCUT2D eigenvalue weighted by molar-refractivity contribution is -0.135. The molecule has 1 N–H and O–H groups in total. The van der Waals surface area contributed by atoms with Crippen molar-refractivity contribution in [2.45, 2.75) is 55.2 Å². The molecule has 0 spiro atoms. The molecule has 0 bridgehead atoms. The summed E-state index contributed by atoms with van der Waals surface area (Å²) in [6.07, 6.45) is 5.32. The molecule has 0 aliphatic carbocycles. The van der Waals surface area contributed by atoms with Crippen molar-refractivity contribution in [1.82, 2.24) is 14.5 Å². The first-order valence-corrected chi connectivity index (χ1v) is 11.9. The van der Waals surface area contributed by atoms with Crippen molar-refractivity contribution < 1.29 is 18.0 Å². The Balaban J connectivity index is 1.74. The van der Waals surface area contributed by atoms with Gasteiger partial charge in [-0.1, -0.05) is 18.9 Å². The molecular formula is C18H27N3O4S2. The van der Waals surface area contributed by atoms with Crippen LogP contribution >= 0.6 is 11.3 Å². The molecule has 2 aliphatic heterocycles. The minimum Gasteiger partial charge on any atom is -0.356 e. The van der Waals surface area contributed by atoms with E-state index in [-0.39, 0.29) is 22.4 Å². The van der Waals surface area contributed by atoms with Gasteiger partial charge in [-0.2, -0.15) is 4.31 Å². The molecule has 150 valence electrons. The van der Waals surface area contributed by atoms with Gasteiger partial charge in [0, 0.05) is 32.6 Å². The van der Waals surface area contributed by atoms with E-state index in [0.29, 0.717) is 39.0 Å². The second-order valence-corrected chi connectivity index (χ2v) is 10.1. The maximum atomic E-state index is 13.2. The van der Waals surface area contributed by atoms with Crippen LogP contribution in [0.2, 0.25) is 0 Å². The third-order valence-corrected chi connectivity index (χ3v) is 8.43. The highest BCUT2D eigenvalue weighted by Gasteiger charge is 2.41. The minimum absolute atomic E-state index is 0.0517. The lowest BCUT2D eigenvalue weighted by Gasteiger charge is -2.29. The maximum absolute atomic E-state index is 13.2. The molecule has 0 radical (unpaired) electrons. The standard InChI is InChI=1S/C18H27N3O4S2/c22-16-9-13-20(11-4-2-1-3-10-19-16)18(23)15-7-5-12-21(15)27(24,25)17-8-6-14-26-17/h6,8,14-15H,1-5,7,9-13H2,(H,19,22)/t15-/m0/s1. The van der Waals surface area contributed by atoms with Gasteiger partial charge in [-0.05, 0) is 37.1 Å². The van der Waals surface area contributed by atoms with Crippen molar-refractivity contribution in [1.29, 1.82) is 0 Å². The number of sulfonamides is 1. The van der Waals surface area contributed by atoms with E-state index in [1.165, 1.54) is 15.6 Å². The Hall–Kier alpha value is -1.45. The Bertz CT molecular complexity index is 749. The first-order valence-electron chi connectivity index (χ1n) is 9.61. The zero-order chi connectivity index (χ0) is 19.3. The summed E-state index contributed by atoms with van der Waals surface area (Å²) in [6.45, 7) is 1.97. The number of carbonyl (C=O) groups excluding carboxylic acids is 2. The van der Waals surface area contributed by atoms with Gasteiger partial charge >= 0.3 is 0 Å². The number of carbonyl (C=O) groups is 2. The summed E-state index contributed by atoms with van der Waals surface area (Å²) >= 11 is 1.17. The summed E-state index contributed by atoms with van der Waals surface area (Å²) < 4.78 is 27.5. The van der Waals surface area contributed by atoms with Crippen molar-refractivity contribution in [3.63, 3.8) is 0 Å². The average molecular weight is 414 g/mol. The fourth-order valence-corrected chi connectivity index (χ4v) is 6.45. The summed E-state index contributed by atoms with van der Waals surface area (Å²) in [5.41, 5.74) is 0. The lowest BCUT2D eigenvalue weighted by atomic mass is 10.1. The van der Waals surface area contributed by atoms with Crippen LogP contribution < -0.4 is 5.32 Å². The van der Waals surface area contributed by atoms with Crippen LogP contribution in [0, 0.1) is 0 Å². The number of hydrogen-bond acceptors (Lipinski definition) is 5. The largest absolute Gasteiger partial charge is 0.356 e. The molecular weight excluding hydrogens is 386 g/mol. The number of thiophene rings is 1. The van der Waals surface area contributed by atoms with Gasteiger partial charge in [-0.15, -0.1) is 11.3 Å². The third kappa shape index (κ3) is 4.89. The minimum atomic E-state index is -3.65. The molecule has 0 aromatic carbocycles. The van der Waals surface area contributed by atoms with E-state index in [0.717, 1.165) is 25.7 Å². The quantitative estimate of drug-likeness (QED) is 0.819. The summed E-state index contributed by atoms with van der Waals surface area (Å²) in [4.78, 5) is 26.8. The molecule has 2 amide bonds. The van der Waals surface area contributed by atoms with Crippen LogP contribution in [0.3, 0.4) is 0 Å². The van der Waals surface area contributed by atoms with Crippen molar-refractivity contribution in [2.24, 2.45) is 0 Å². The van der Waals surface area contributed by atoms with Gasteiger partial charge in [0.15, 0.2) is 0 Å². The molecule has 2 aliphatic rings. The van der Waals surface area contributed by atoms with Crippen molar-refractivity contribution in [3.8, 4) is 0 Å². The van der Waals surface area contributed by atoms with Crippen molar-refractivity contribution in [3.05, 3.63) is 17.5 Å². The van der Waals surface area contributed by atoms with E-state index in [2.05, 4.69) is 5.32 Å². The van der Waals surface area contributed by atoms with Gasteiger partial charge in [0.2, 0.25) is 11.8 Å².